The molecule has 1 aliphatic heterocycles. The molecule has 0 atom stereocenters. The molecule has 0 saturated carbocycles. The highest BCUT2D eigenvalue weighted by Gasteiger charge is 2.20. The van der Waals surface area contributed by atoms with Gasteiger partial charge in [0.15, 0.2) is 0 Å². The van der Waals surface area contributed by atoms with E-state index in [-0.39, 0.29) is 0 Å². The Labute approximate surface area is 175 Å². The van der Waals surface area contributed by atoms with E-state index in [0.29, 0.717) is 5.02 Å². The minimum atomic E-state index is 0.692. The van der Waals surface area contributed by atoms with E-state index < -0.39 is 0 Å². The van der Waals surface area contributed by atoms with E-state index in [1.54, 1.807) is 14.2 Å². The zero-order valence-electron chi connectivity index (χ0n) is 16.0. The van der Waals surface area contributed by atoms with Crippen molar-refractivity contribution in [3.63, 3.8) is 0 Å². The van der Waals surface area contributed by atoms with Crippen molar-refractivity contribution in [1.29, 1.82) is 0 Å². The number of rotatable bonds is 7. The second kappa shape index (κ2) is 9.81. The van der Waals surface area contributed by atoms with Crippen molar-refractivity contribution < 1.29 is 9.47 Å². The van der Waals surface area contributed by atoms with Crippen molar-refractivity contribution in [2.24, 2.45) is 5.92 Å². The summed E-state index contributed by atoms with van der Waals surface area (Å²) in [6, 6.07) is 12.3. The summed E-state index contributed by atoms with van der Waals surface area (Å²) in [6.07, 6.45) is 4.62. The van der Waals surface area contributed by atoms with Gasteiger partial charge in [0.25, 0.3) is 0 Å². The van der Waals surface area contributed by atoms with Gasteiger partial charge in [-0.15, -0.1) is 0 Å². The van der Waals surface area contributed by atoms with Crippen LogP contribution in [0.3, 0.4) is 0 Å². The molecule has 0 bridgehead atoms. The predicted octanol–water partition coefficient (Wildman–Crippen LogP) is 5.62. The molecule has 3 nitrogen and oxygen atoms in total. The summed E-state index contributed by atoms with van der Waals surface area (Å²) in [5.74, 6) is 2.41. The number of piperidine rings is 1. The van der Waals surface area contributed by atoms with Gasteiger partial charge in [-0.2, -0.15) is 0 Å². The van der Waals surface area contributed by atoms with Crippen molar-refractivity contribution in [2.75, 3.05) is 33.9 Å². The Morgan fingerprint density at radius 2 is 1.85 bits per heavy atom. The van der Waals surface area contributed by atoms with Crippen LogP contribution in [0.5, 0.6) is 11.5 Å². The van der Waals surface area contributed by atoms with Crippen molar-refractivity contribution in [1.82, 2.24) is 4.90 Å². The first-order valence-corrected chi connectivity index (χ1v) is 10.6. The van der Waals surface area contributed by atoms with Crippen LogP contribution in [0.4, 0.5) is 0 Å². The topological polar surface area (TPSA) is 21.7 Å². The molecule has 0 aromatic heterocycles. The fourth-order valence-corrected chi connectivity index (χ4v) is 4.40. The van der Waals surface area contributed by atoms with Crippen LogP contribution in [0.15, 0.2) is 40.9 Å². The fraction of sp³-hybridized carbons (Fsp3) is 0.455. The van der Waals surface area contributed by atoms with E-state index in [0.717, 1.165) is 49.9 Å². The molecule has 146 valence electrons. The summed E-state index contributed by atoms with van der Waals surface area (Å²) in [5.41, 5.74) is 2.61. The number of halogens is 2. The van der Waals surface area contributed by atoms with Crippen LogP contribution in [0.1, 0.15) is 24.0 Å². The summed E-state index contributed by atoms with van der Waals surface area (Å²) in [6.45, 7) is 3.41. The molecular formula is C22H27BrClNO2. The van der Waals surface area contributed by atoms with Crippen molar-refractivity contribution >= 4 is 27.5 Å². The van der Waals surface area contributed by atoms with Crippen LogP contribution >= 0.6 is 27.5 Å². The molecule has 1 saturated heterocycles. The smallest absolute Gasteiger partial charge is 0.137 e. The van der Waals surface area contributed by atoms with Crippen molar-refractivity contribution in [3.8, 4) is 11.5 Å². The lowest BCUT2D eigenvalue weighted by atomic mass is 9.90. The van der Waals surface area contributed by atoms with Gasteiger partial charge in [-0.05, 0) is 86.1 Å². The third-order valence-corrected chi connectivity index (χ3v) is 6.47. The van der Waals surface area contributed by atoms with Gasteiger partial charge in [0.2, 0.25) is 0 Å². The van der Waals surface area contributed by atoms with Gasteiger partial charge in [0.05, 0.1) is 19.2 Å². The highest BCUT2D eigenvalue weighted by Crippen LogP contribution is 2.29. The van der Waals surface area contributed by atoms with Crippen LogP contribution in [-0.4, -0.2) is 38.8 Å². The van der Waals surface area contributed by atoms with E-state index in [2.05, 4.69) is 39.0 Å². The Bertz CT molecular complexity index is 760. The molecule has 0 amide bonds. The fourth-order valence-electron chi connectivity index (χ4n) is 3.71. The molecule has 5 heteroatoms. The average molecular weight is 453 g/mol. The highest BCUT2D eigenvalue weighted by atomic mass is 79.9. The molecule has 0 aliphatic carbocycles. The van der Waals surface area contributed by atoms with E-state index in [9.17, 15) is 0 Å². The van der Waals surface area contributed by atoms with Gasteiger partial charge in [0.1, 0.15) is 11.5 Å². The van der Waals surface area contributed by atoms with Crippen LogP contribution in [0, 0.1) is 5.92 Å². The molecule has 1 aliphatic rings. The number of benzene rings is 2. The monoisotopic (exact) mass is 451 g/mol. The van der Waals surface area contributed by atoms with Crippen LogP contribution in [0.25, 0.3) is 0 Å². The number of hydrogen-bond acceptors (Lipinski definition) is 3. The Balaban J connectivity index is 1.47. The minimum Gasteiger partial charge on any atom is -0.497 e. The van der Waals surface area contributed by atoms with Crippen LogP contribution < -0.4 is 9.47 Å². The number of hydrogen-bond donors (Lipinski definition) is 0. The summed E-state index contributed by atoms with van der Waals surface area (Å²) in [5, 5.41) is 0.692. The summed E-state index contributed by atoms with van der Waals surface area (Å²) in [4.78, 5) is 2.56. The second-order valence-electron chi connectivity index (χ2n) is 7.17. The van der Waals surface area contributed by atoms with Crippen molar-refractivity contribution in [2.45, 2.75) is 25.7 Å². The lowest BCUT2D eigenvalue weighted by Gasteiger charge is -2.32. The first-order chi connectivity index (χ1) is 13.1. The minimum absolute atomic E-state index is 0.692. The molecule has 1 fully saturated rings. The molecule has 0 N–H and O–H groups in total. The maximum atomic E-state index is 6.23. The predicted molar refractivity (Wildman–Crippen MR) is 115 cm³/mol. The standard InChI is InChI=1S/C22H27BrClNO2/c1-26-19-4-5-20(23)18(15-19)13-17-8-11-25(12-9-17)10-7-16-3-6-22(27-2)21(24)14-16/h3-6,14-15,17H,7-13H2,1-2H3. The molecule has 27 heavy (non-hydrogen) atoms. The zero-order chi connectivity index (χ0) is 19.2. The van der Waals surface area contributed by atoms with Gasteiger partial charge >= 0.3 is 0 Å². The second-order valence-corrected chi connectivity index (χ2v) is 8.43. The van der Waals surface area contributed by atoms with E-state index in [1.165, 1.54) is 28.4 Å². The molecule has 3 rings (SSSR count). The third kappa shape index (κ3) is 5.63. The normalized spacial score (nSPS) is 15.7. The molecule has 0 unspecified atom stereocenters. The van der Waals surface area contributed by atoms with Gasteiger partial charge in [0, 0.05) is 11.0 Å². The summed E-state index contributed by atoms with van der Waals surface area (Å²) < 4.78 is 11.8. The first kappa shape index (κ1) is 20.5. The van der Waals surface area contributed by atoms with E-state index in [4.69, 9.17) is 21.1 Å². The highest BCUT2D eigenvalue weighted by molar-refractivity contribution is 9.10. The molecule has 0 spiro atoms. The number of methoxy groups -OCH3 is 2. The molecule has 2 aromatic rings. The number of nitrogens with zero attached hydrogens (tertiary/aromatic N) is 1. The largest absolute Gasteiger partial charge is 0.497 e. The quantitative estimate of drug-likeness (QED) is 0.544. The average Bonchev–Trinajstić information content (AvgIpc) is 2.69. The number of likely N-dealkylation sites (tertiary alicyclic amines) is 1. The maximum absolute atomic E-state index is 6.23. The Morgan fingerprint density at radius 3 is 2.52 bits per heavy atom. The molecule has 2 aromatic carbocycles. The van der Waals surface area contributed by atoms with Crippen LogP contribution in [0.2, 0.25) is 5.02 Å². The van der Waals surface area contributed by atoms with E-state index in [1.807, 2.05) is 18.2 Å². The first-order valence-electron chi connectivity index (χ1n) is 9.46. The Hall–Kier alpha value is -1.23. The Kier molecular flexibility index (Phi) is 7.45. The molecule has 1 heterocycles. The number of ether oxygens (including phenoxy) is 2. The van der Waals surface area contributed by atoms with Gasteiger partial charge in [-0.1, -0.05) is 33.6 Å². The maximum Gasteiger partial charge on any atom is 0.137 e. The van der Waals surface area contributed by atoms with Crippen molar-refractivity contribution in [3.05, 3.63) is 57.0 Å². The zero-order valence-corrected chi connectivity index (χ0v) is 18.4. The van der Waals surface area contributed by atoms with Gasteiger partial charge in [-0.25, -0.2) is 0 Å². The summed E-state index contributed by atoms with van der Waals surface area (Å²) in [7, 11) is 3.37. The van der Waals surface area contributed by atoms with Gasteiger partial charge in [-0.3, -0.25) is 0 Å². The third-order valence-electron chi connectivity index (χ3n) is 5.40. The molecule has 0 radical (unpaired) electrons. The van der Waals surface area contributed by atoms with E-state index >= 15 is 0 Å². The lowest BCUT2D eigenvalue weighted by molar-refractivity contribution is 0.185. The van der Waals surface area contributed by atoms with Gasteiger partial charge < -0.3 is 14.4 Å². The summed E-state index contributed by atoms with van der Waals surface area (Å²) >= 11 is 9.91. The lowest BCUT2D eigenvalue weighted by Crippen LogP contribution is -2.35. The Morgan fingerprint density at radius 1 is 1.07 bits per heavy atom. The van der Waals surface area contributed by atoms with Crippen LogP contribution in [-0.2, 0) is 12.8 Å². The molecular weight excluding hydrogens is 426 g/mol. The SMILES string of the molecule is COc1ccc(Br)c(CC2CCN(CCc3ccc(OC)c(Cl)c3)CC2)c1.